The summed E-state index contributed by atoms with van der Waals surface area (Å²) >= 11 is 4.45. The Balaban J connectivity index is 1.73. The number of aromatic nitrogens is 3. The second-order valence-corrected chi connectivity index (χ2v) is 8.24. The molecular formula is C20H14I2N4O. The first-order chi connectivity index (χ1) is 13.1. The van der Waals surface area contributed by atoms with E-state index in [-0.39, 0.29) is 5.91 Å². The molecule has 0 saturated carbocycles. The molecule has 4 rings (SSSR count). The van der Waals surface area contributed by atoms with Crippen molar-refractivity contribution in [3.63, 3.8) is 0 Å². The maximum absolute atomic E-state index is 12.5. The van der Waals surface area contributed by atoms with E-state index in [0.29, 0.717) is 12.1 Å². The summed E-state index contributed by atoms with van der Waals surface area (Å²) in [6.45, 7) is 0.337. The van der Waals surface area contributed by atoms with Crippen LogP contribution >= 0.6 is 45.2 Å². The molecule has 1 amide bonds. The third-order valence-corrected chi connectivity index (χ3v) is 5.40. The normalized spacial score (nSPS) is 10.9. The summed E-state index contributed by atoms with van der Waals surface area (Å²) in [6, 6.07) is 21.2. The van der Waals surface area contributed by atoms with Crippen LogP contribution in [0.4, 0.5) is 0 Å². The van der Waals surface area contributed by atoms with Crippen LogP contribution in [0.25, 0.3) is 16.9 Å². The quantitative estimate of drug-likeness (QED) is 0.361. The molecule has 0 unspecified atom stereocenters. The number of halogens is 2. The van der Waals surface area contributed by atoms with Gasteiger partial charge >= 0.3 is 0 Å². The van der Waals surface area contributed by atoms with Gasteiger partial charge in [-0.25, -0.2) is 9.50 Å². The SMILES string of the molecule is O=C(NCc1c(-c2ccc(I)cc2)nc2ccc(I)nn12)c1ccccc1. The molecule has 0 aliphatic rings. The smallest absolute Gasteiger partial charge is 0.251 e. The second-order valence-electron chi connectivity index (χ2n) is 5.89. The van der Waals surface area contributed by atoms with Gasteiger partial charge in [0.1, 0.15) is 3.70 Å². The number of nitrogens with zero attached hydrogens (tertiary/aromatic N) is 3. The fourth-order valence-corrected chi connectivity index (χ4v) is 3.56. The van der Waals surface area contributed by atoms with Gasteiger partial charge in [0, 0.05) is 14.7 Å². The van der Waals surface area contributed by atoms with Crippen molar-refractivity contribution in [2.45, 2.75) is 6.54 Å². The Labute approximate surface area is 183 Å². The molecule has 2 aromatic carbocycles. The molecule has 0 bridgehead atoms. The van der Waals surface area contributed by atoms with Crippen molar-refractivity contribution in [3.05, 3.63) is 85.3 Å². The van der Waals surface area contributed by atoms with Gasteiger partial charge in [0.15, 0.2) is 5.65 Å². The van der Waals surface area contributed by atoms with E-state index in [1.54, 1.807) is 16.6 Å². The Morgan fingerprint density at radius 2 is 1.70 bits per heavy atom. The summed E-state index contributed by atoms with van der Waals surface area (Å²) in [5, 5.41) is 7.57. The fourth-order valence-electron chi connectivity index (χ4n) is 2.81. The van der Waals surface area contributed by atoms with Gasteiger partial charge in [0.05, 0.1) is 17.9 Å². The number of rotatable bonds is 4. The first kappa shape index (κ1) is 18.4. The molecule has 0 radical (unpaired) electrons. The second kappa shape index (κ2) is 7.93. The van der Waals surface area contributed by atoms with Crippen molar-refractivity contribution in [2.24, 2.45) is 0 Å². The molecule has 27 heavy (non-hydrogen) atoms. The van der Waals surface area contributed by atoms with Crippen LogP contribution in [0.1, 0.15) is 16.1 Å². The maximum atomic E-state index is 12.5. The lowest BCUT2D eigenvalue weighted by molar-refractivity contribution is 0.0950. The minimum absolute atomic E-state index is 0.121. The number of carbonyl (C=O) groups is 1. The van der Waals surface area contributed by atoms with Gasteiger partial charge < -0.3 is 5.32 Å². The zero-order valence-corrected chi connectivity index (χ0v) is 18.4. The van der Waals surface area contributed by atoms with Crippen LogP contribution in [-0.2, 0) is 6.54 Å². The van der Waals surface area contributed by atoms with E-state index in [1.165, 1.54) is 0 Å². The Morgan fingerprint density at radius 1 is 0.963 bits per heavy atom. The molecular weight excluding hydrogens is 566 g/mol. The lowest BCUT2D eigenvalue weighted by atomic mass is 10.1. The largest absolute Gasteiger partial charge is 0.346 e. The molecule has 0 aliphatic carbocycles. The zero-order chi connectivity index (χ0) is 18.8. The Hall–Kier alpha value is -2.01. The monoisotopic (exact) mass is 580 g/mol. The summed E-state index contributed by atoms with van der Waals surface area (Å²) in [5.41, 5.74) is 4.07. The number of imidazole rings is 1. The van der Waals surface area contributed by atoms with Crippen molar-refractivity contribution >= 4 is 56.7 Å². The van der Waals surface area contributed by atoms with Crippen molar-refractivity contribution in [3.8, 4) is 11.3 Å². The first-order valence-corrected chi connectivity index (χ1v) is 10.4. The standard InChI is InChI=1S/C20H14I2N4O/c21-15-8-6-13(7-9-15)19-16(26-18(24-19)11-10-17(22)25-26)12-23-20(27)14-4-2-1-3-5-14/h1-11H,12H2,(H,23,27). The minimum atomic E-state index is -0.121. The predicted molar refractivity (Wildman–Crippen MR) is 121 cm³/mol. The van der Waals surface area contributed by atoms with E-state index in [4.69, 9.17) is 4.98 Å². The van der Waals surface area contributed by atoms with Crippen molar-refractivity contribution < 1.29 is 4.79 Å². The molecule has 4 aromatic rings. The molecule has 0 spiro atoms. The van der Waals surface area contributed by atoms with E-state index >= 15 is 0 Å². The highest BCUT2D eigenvalue weighted by atomic mass is 127. The molecule has 2 aromatic heterocycles. The van der Waals surface area contributed by atoms with Gasteiger partial charge in [-0.05, 0) is 81.6 Å². The number of hydrogen-bond donors (Lipinski definition) is 1. The van der Waals surface area contributed by atoms with Crippen LogP contribution in [0, 0.1) is 7.27 Å². The van der Waals surface area contributed by atoms with Crippen LogP contribution in [0.3, 0.4) is 0 Å². The predicted octanol–water partition coefficient (Wildman–Crippen LogP) is 4.54. The van der Waals surface area contributed by atoms with Gasteiger partial charge in [0.25, 0.3) is 5.91 Å². The zero-order valence-electron chi connectivity index (χ0n) is 14.1. The van der Waals surface area contributed by atoms with Gasteiger partial charge in [-0.1, -0.05) is 30.3 Å². The Morgan fingerprint density at radius 3 is 2.44 bits per heavy atom. The van der Waals surface area contributed by atoms with Crippen molar-refractivity contribution in [2.75, 3.05) is 0 Å². The molecule has 0 saturated heterocycles. The number of benzene rings is 2. The van der Waals surface area contributed by atoms with Crippen molar-refractivity contribution in [1.82, 2.24) is 19.9 Å². The third kappa shape index (κ3) is 3.98. The molecule has 2 heterocycles. The molecule has 0 atom stereocenters. The van der Waals surface area contributed by atoms with Gasteiger partial charge in [-0.15, -0.1) is 0 Å². The maximum Gasteiger partial charge on any atom is 0.251 e. The van der Waals surface area contributed by atoms with Crippen LogP contribution in [0.5, 0.6) is 0 Å². The molecule has 5 nitrogen and oxygen atoms in total. The summed E-state index contributed by atoms with van der Waals surface area (Å²) in [4.78, 5) is 17.2. The lowest BCUT2D eigenvalue weighted by Crippen LogP contribution is -2.24. The van der Waals surface area contributed by atoms with E-state index in [9.17, 15) is 4.79 Å². The molecule has 1 N–H and O–H groups in total. The lowest BCUT2D eigenvalue weighted by Gasteiger charge is -2.08. The van der Waals surface area contributed by atoms with Gasteiger partial charge in [0.2, 0.25) is 0 Å². The minimum Gasteiger partial charge on any atom is -0.346 e. The highest BCUT2D eigenvalue weighted by molar-refractivity contribution is 14.1. The summed E-state index contributed by atoms with van der Waals surface area (Å²) < 4.78 is 3.83. The van der Waals surface area contributed by atoms with Crippen LogP contribution in [-0.4, -0.2) is 20.5 Å². The van der Waals surface area contributed by atoms with Gasteiger partial charge in [-0.2, -0.15) is 5.10 Å². The molecule has 7 heteroatoms. The average Bonchev–Trinajstić information content (AvgIpc) is 3.05. The van der Waals surface area contributed by atoms with Crippen LogP contribution in [0.15, 0.2) is 66.7 Å². The highest BCUT2D eigenvalue weighted by Crippen LogP contribution is 2.25. The molecule has 134 valence electrons. The van der Waals surface area contributed by atoms with Gasteiger partial charge in [-0.3, -0.25) is 4.79 Å². The van der Waals surface area contributed by atoms with E-state index in [1.807, 2.05) is 54.6 Å². The van der Waals surface area contributed by atoms with Crippen LogP contribution < -0.4 is 5.32 Å². The average molecular weight is 580 g/mol. The Bertz CT molecular complexity index is 1110. The first-order valence-electron chi connectivity index (χ1n) is 8.25. The molecule has 0 fully saturated rings. The fraction of sp³-hybridized carbons (Fsp3) is 0.0500. The van der Waals surface area contributed by atoms with E-state index < -0.39 is 0 Å². The summed E-state index contributed by atoms with van der Waals surface area (Å²) in [6.07, 6.45) is 0. The summed E-state index contributed by atoms with van der Waals surface area (Å²) in [7, 11) is 0. The van der Waals surface area contributed by atoms with Crippen molar-refractivity contribution in [1.29, 1.82) is 0 Å². The van der Waals surface area contributed by atoms with E-state index in [2.05, 4.69) is 55.6 Å². The number of nitrogens with one attached hydrogen (secondary N) is 1. The van der Waals surface area contributed by atoms with Crippen LogP contribution in [0.2, 0.25) is 0 Å². The number of fused-ring (bicyclic) bond motifs is 1. The molecule has 0 aliphatic heterocycles. The highest BCUT2D eigenvalue weighted by Gasteiger charge is 2.16. The number of amides is 1. The number of hydrogen-bond acceptors (Lipinski definition) is 3. The number of carbonyl (C=O) groups excluding carboxylic acids is 1. The Kier molecular flexibility index (Phi) is 5.39. The third-order valence-electron chi connectivity index (χ3n) is 4.11. The summed E-state index contributed by atoms with van der Waals surface area (Å²) in [5.74, 6) is -0.121. The van der Waals surface area contributed by atoms with E-state index in [0.717, 1.165) is 29.9 Å². The topological polar surface area (TPSA) is 59.3 Å².